The summed E-state index contributed by atoms with van der Waals surface area (Å²) in [5, 5.41) is 11.6. The van der Waals surface area contributed by atoms with E-state index in [0.717, 1.165) is 31.0 Å². The maximum Gasteiger partial charge on any atom is 0.320 e. The second-order valence-electron chi connectivity index (χ2n) is 11.8. The van der Waals surface area contributed by atoms with Gasteiger partial charge in [0, 0.05) is 18.5 Å². The van der Waals surface area contributed by atoms with Crippen LogP contribution in [0.3, 0.4) is 0 Å². The van der Waals surface area contributed by atoms with Crippen molar-refractivity contribution in [2.75, 3.05) is 19.7 Å². The molecule has 1 N–H and O–H groups in total. The molecule has 10 heteroatoms. The van der Waals surface area contributed by atoms with Crippen LogP contribution in [-0.2, 0) is 13.0 Å². The number of ether oxygens (including phenoxy) is 2. The highest BCUT2D eigenvalue weighted by atomic mass is 19.1. The smallest absolute Gasteiger partial charge is 0.320 e. The summed E-state index contributed by atoms with van der Waals surface area (Å²) >= 11 is 0. The molecule has 2 fully saturated rings. The van der Waals surface area contributed by atoms with Gasteiger partial charge in [-0.15, -0.1) is 0 Å². The number of alkyl halides is 1. The summed E-state index contributed by atoms with van der Waals surface area (Å²) in [5.74, 6) is -2.94. The second kappa shape index (κ2) is 11.5. The van der Waals surface area contributed by atoms with Crippen LogP contribution in [0.1, 0.15) is 37.3 Å². The summed E-state index contributed by atoms with van der Waals surface area (Å²) in [7, 11) is 0. The van der Waals surface area contributed by atoms with E-state index in [0.29, 0.717) is 35.7 Å². The van der Waals surface area contributed by atoms with Gasteiger partial charge in [0.2, 0.25) is 5.88 Å². The Kier molecular flexibility index (Phi) is 7.47. The molecule has 0 radical (unpaired) electrons. The molecule has 5 aromatic rings. The van der Waals surface area contributed by atoms with E-state index in [1.54, 1.807) is 6.92 Å². The predicted molar refractivity (Wildman–Crippen MR) is 163 cm³/mol. The van der Waals surface area contributed by atoms with Crippen molar-refractivity contribution in [3.05, 3.63) is 89.2 Å². The molecular formula is C35H31F4N3O3. The lowest BCUT2D eigenvalue weighted by molar-refractivity contribution is 0.106. The van der Waals surface area contributed by atoms with Crippen molar-refractivity contribution in [1.29, 1.82) is 0 Å². The van der Waals surface area contributed by atoms with E-state index in [-0.39, 0.29) is 47.3 Å². The zero-order valence-electron chi connectivity index (χ0n) is 24.6. The van der Waals surface area contributed by atoms with E-state index in [4.69, 9.17) is 9.47 Å². The molecule has 45 heavy (non-hydrogen) atoms. The number of halogens is 4. The molecule has 0 saturated carbocycles. The maximum absolute atomic E-state index is 16.6. The minimum atomic E-state index is -1.06. The second-order valence-corrected chi connectivity index (χ2v) is 11.8. The Hall–Kier alpha value is -4.44. The predicted octanol–water partition coefficient (Wildman–Crippen LogP) is 7.67. The molecule has 2 atom stereocenters. The van der Waals surface area contributed by atoms with Crippen LogP contribution in [0, 0.1) is 17.5 Å². The van der Waals surface area contributed by atoms with Gasteiger partial charge in [0.1, 0.15) is 42.3 Å². The van der Waals surface area contributed by atoms with Gasteiger partial charge in [0.05, 0.1) is 16.5 Å². The highest BCUT2D eigenvalue weighted by Gasteiger charge is 2.49. The molecule has 0 bridgehead atoms. The van der Waals surface area contributed by atoms with Gasteiger partial charge in [-0.05, 0) is 65.9 Å². The molecule has 3 heterocycles. The van der Waals surface area contributed by atoms with E-state index >= 15 is 8.78 Å². The van der Waals surface area contributed by atoms with Gasteiger partial charge in [-0.2, -0.15) is 9.97 Å². The summed E-state index contributed by atoms with van der Waals surface area (Å²) in [6.07, 6.45) is 1.36. The monoisotopic (exact) mass is 617 g/mol. The van der Waals surface area contributed by atoms with Crippen molar-refractivity contribution in [1.82, 2.24) is 14.9 Å². The third kappa shape index (κ3) is 5.10. The van der Waals surface area contributed by atoms with E-state index in [9.17, 15) is 13.9 Å². The number of rotatable bonds is 8. The summed E-state index contributed by atoms with van der Waals surface area (Å²) < 4.78 is 73.7. The van der Waals surface area contributed by atoms with Crippen molar-refractivity contribution >= 4 is 21.7 Å². The Morgan fingerprint density at radius 3 is 2.53 bits per heavy atom. The van der Waals surface area contributed by atoms with Crippen LogP contribution in [0.25, 0.3) is 32.8 Å². The fourth-order valence-electron chi connectivity index (χ4n) is 6.98. The van der Waals surface area contributed by atoms with Crippen molar-refractivity contribution in [3.63, 3.8) is 0 Å². The van der Waals surface area contributed by atoms with Crippen LogP contribution in [0.15, 0.2) is 60.7 Å². The third-order valence-electron chi connectivity index (χ3n) is 9.11. The number of aromatic nitrogens is 2. The summed E-state index contributed by atoms with van der Waals surface area (Å²) in [6.45, 7) is 3.04. The number of aryl methyl sites for hydroxylation is 1. The zero-order chi connectivity index (χ0) is 31.3. The van der Waals surface area contributed by atoms with Gasteiger partial charge in [-0.3, -0.25) is 4.90 Å². The number of nitrogens with zero attached hydrogens (tertiary/aromatic N) is 3. The van der Waals surface area contributed by atoms with Crippen molar-refractivity contribution in [2.24, 2.45) is 0 Å². The number of aromatic hydroxyl groups is 1. The number of fused-ring (bicyclic) bond motifs is 3. The fourth-order valence-corrected chi connectivity index (χ4v) is 6.98. The lowest BCUT2D eigenvalue weighted by atomic mass is 9.92. The van der Waals surface area contributed by atoms with Gasteiger partial charge in [0.25, 0.3) is 0 Å². The normalized spacial score (nSPS) is 19.8. The van der Waals surface area contributed by atoms with Crippen LogP contribution in [0.5, 0.6) is 17.6 Å². The van der Waals surface area contributed by atoms with E-state index in [1.807, 2.05) is 30.3 Å². The first-order chi connectivity index (χ1) is 21.8. The van der Waals surface area contributed by atoms with Gasteiger partial charge >= 0.3 is 6.01 Å². The summed E-state index contributed by atoms with van der Waals surface area (Å²) in [4.78, 5) is 10.8. The molecule has 7 rings (SSSR count). The maximum atomic E-state index is 16.6. The summed E-state index contributed by atoms with van der Waals surface area (Å²) in [6, 6.07) is 15.6. The van der Waals surface area contributed by atoms with E-state index < -0.39 is 34.7 Å². The Morgan fingerprint density at radius 2 is 1.73 bits per heavy atom. The van der Waals surface area contributed by atoms with Crippen LogP contribution in [-0.4, -0.2) is 51.4 Å². The van der Waals surface area contributed by atoms with Crippen LogP contribution in [0.4, 0.5) is 17.6 Å². The Bertz CT molecular complexity index is 1920. The topological polar surface area (TPSA) is 67.7 Å². The Balaban J connectivity index is 1.36. The molecule has 1 aromatic heterocycles. The van der Waals surface area contributed by atoms with Gasteiger partial charge in [0.15, 0.2) is 5.82 Å². The summed E-state index contributed by atoms with van der Waals surface area (Å²) in [5.41, 5.74) is -0.237. The highest BCUT2D eigenvalue weighted by Crippen LogP contribution is 2.44. The third-order valence-corrected chi connectivity index (χ3v) is 9.11. The number of phenols is 1. The first-order valence-electron chi connectivity index (χ1n) is 15.1. The fraction of sp³-hybridized carbons (Fsp3) is 0.314. The average molecular weight is 618 g/mol. The van der Waals surface area contributed by atoms with Gasteiger partial charge in [-0.25, -0.2) is 17.6 Å². The van der Waals surface area contributed by atoms with Crippen molar-refractivity contribution in [3.8, 4) is 28.8 Å². The molecule has 0 amide bonds. The molecule has 232 valence electrons. The largest absolute Gasteiger partial charge is 0.507 e. The number of hydrogen-bond donors (Lipinski definition) is 1. The Labute approximate surface area is 257 Å². The lowest BCUT2D eigenvalue weighted by Crippen LogP contribution is -2.43. The number of phenolic OH excluding ortho intramolecular Hbond substituents is 1. The highest BCUT2D eigenvalue weighted by molar-refractivity contribution is 6.03. The molecule has 4 aromatic carbocycles. The van der Waals surface area contributed by atoms with E-state index in [1.165, 1.54) is 24.3 Å². The molecule has 6 nitrogen and oxygen atoms in total. The first kappa shape index (κ1) is 29.3. The van der Waals surface area contributed by atoms with Gasteiger partial charge in [-0.1, -0.05) is 49.4 Å². The molecule has 0 aliphatic carbocycles. The number of hydrogen-bond acceptors (Lipinski definition) is 6. The minimum Gasteiger partial charge on any atom is -0.507 e. The molecule has 2 aliphatic heterocycles. The number of benzene rings is 4. The SMILES string of the molecule is CCc1c(F)ccc2c(-c3c(F)cc4c(OCc5ccccc5)nc(OC[C@@]56CCCN5C[C@H](F)C6)nc4c3F)c(O)ccc12. The molecule has 0 unspecified atom stereocenters. The quantitative estimate of drug-likeness (QED) is 0.180. The van der Waals surface area contributed by atoms with Crippen molar-refractivity contribution < 1.29 is 32.1 Å². The minimum absolute atomic E-state index is 0.0256. The molecule has 2 aliphatic rings. The Morgan fingerprint density at radius 1 is 0.933 bits per heavy atom. The molecular weight excluding hydrogens is 586 g/mol. The van der Waals surface area contributed by atoms with Gasteiger partial charge < -0.3 is 14.6 Å². The average Bonchev–Trinajstić information content (AvgIpc) is 3.56. The van der Waals surface area contributed by atoms with Crippen molar-refractivity contribution in [2.45, 2.75) is 50.9 Å². The molecule has 2 saturated heterocycles. The van der Waals surface area contributed by atoms with Crippen LogP contribution >= 0.6 is 0 Å². The van der Waals surface area contributed by atoms with E-state index in [2.05, 4.69) is 14.9 Å². The van der Waals surface area contributed by atoms with Crippen LogP contribution in [0.2, 0.25) is 0 Å². The van der Waals surface area contributed by atoms with Crippen LogP contribution < -0.4 is 9.47 Å². The first-order valence-corrected chi connectivity index (χ1v) is 15.1. The molecule has 0 spiro atoms. The zero-order valence-corrected chi connectivity index (χ0v) is 24.6. The standard InChI is InChI=1S/C35H31F4N3O3/c1-2-22-23-10-12-28(43)29(24(23)9-11-26(22)37)30-27(38)15-25-32(31(30)39)40-34(41-33(25)44-18-20-7-4-3-5-8-20)45-19-35-13-6-14-42(35)17-21(36)16-35/h3-5,7-12,15,21,43H,2,6,13-14,16-19H2,1H3/t21-,35+/m1/s1. The lowest BCUT2D eigenvalue weighted by Gasteiger charge is -2.30.